The van der Waals surface area contributed by atoms with Crippen molar-refractivity contribution in [2.24, 2.45) is 0 Å². The minimum Gasteiger partial charge on any atom is -0.424 e. The number of rotatable bonds is 3. The molecule has 0 aliphatic rings. The fourth-order valence-corrected chi connectivity index (χ4v) is 1.34. The van der Waals surface area contributed by atoms with Crippen molar-refractivity contribution in [3.8, 4) is 0 Å². The van der Waals surface area contributed by atoms with Crippen LogP contribution in [0.3, 0.4) is 0 Å². The van der Waals surface area contributed by atoms with Gasteiger partial charge in [-0.3, -0.25) is 0 Å². The normalized spacial score (nSPS) is 10.4. The number of hydrogen-bond acceptors (Lipinski definition) is 4. The van der Waals surface area contributed by atoms with Crippen molar-refractivity contribution >= 4 is 5.69 Å². The number of aryl methyl sites for hydroxylation is 2. The molecule has 1 aromatic carbocycles. The van der Waals surface area contributed by atoms with Gasteiger partial charge in [0.15, 0.2) is 0 Å². The Kier molecular flexibility index (Phi) is 2.85. The van der Waals surface area contributed by atoms with E-state index in [1.165, 1.54) is 6.07 Å². The summed E-state index contributed by atoms with van der Waals surface area (Å²) in [7, 11) is 0. The standard InChI is InChI=1S/C11H12FN3O/c1-7-5-9(3-4-10(7)12)13-6-11-15-14-8(2)16-11/h3-5,13H,6H2,1-2H3. The Labute approximate surface area is 92.5 Å². The minimum atomic E-state index is -0.209. The van der Waals surface area contributed by atoms with Gasteiger partial charge in [-0.1, -0.05) is 0 Å². The predicted octanol–water partition coefficient (Wildman–Crippen LogP) is 2.44. The molecule has 0 radical (unpaired) electrons. The third kappa shape index (κ3) is 2.36. The Morgan fingerprint density at radius 1 is 1.31 bits per heavy atom. The van der Waals surface area contributed by atoms with Gasteiger partial charge in [-0.2, -0.15) is 0 Å². The van der Waals surface area contributed by atoms with Gasteiger partial charge in [-0.25, -0.2) is 4.39 Å². The number of halogens is 1. The molecule has 0 saturated heterocycles. The molecule has 16 heavy (non-hydrogen) atoms. The lowest BCUT2D eigenvalue weighted by molar-refractivity contribution is 0.475. The van der Waals surface area contributed by atoms with Gasteiger partial charge in [0, 0.05) is 12.6 Å². The zero-order valence-electron chi connectivity index (χ0n) is 9.12. The lowest BCUT2D eigenvalue weighted by Crippen LogP contribution is -2.00. The topological polar surface area (TPSA) is 51.0 Å². The summed E-state index contributed by atoms with van der Waals surface area (Å²) in [4.78, 5) is 0. The molecule has 2 aromatic rings. The number of benzene rings is 1. The second-order valence-electron chi connectivity index (χ2n) is 3.53. The fourth-order valence-electron chi connectivity index (χ4n) is 1.34. The fraction of sp³-hybridized carbons (Fsp3) is 0.273. The van der Waals surface area contributed by atoms with E-state index in [1.807, 2.05) is 0 Å². The third-order valence-electron chi connectivity index (χ3n) is 2.17. The van der Waals surface area contributed by atoms with Crippen LogP contribution in [-0.2, 0) is 6.54 Å². The second kappa shape index (κ2) is 4.30. The minimum absolute atomic E-state index is 0.209. The van der Waals surface area contributed by atoms with E-state index < -0.39 is 0 Å². The van der Waals surface area contributed by atoms with Crippen LogP contribution in [-0.4, -0.2) is 10.2 Å². The van der Waals surface area contributed by atoms with Gasteiger partial charge >= 0.3 is 0 Å². The van der Waals surface area contributed by atoms with Crippen LogP contribution < -0.4 is 5.32 Å². The number of aromatic nitrogens is 2. The van der Waals surface area contributed by atoms with E-state index >= 15 is 0 Å². The second-order valence-corrected chi connectivity index (χ2v) is 3.53. The number of hydrogen-bond donors (Lipinski definition) is 1. The van der Waals surface area contributed by atoms with Gasteiger partial charge in [0.2, 0.25) is 11.8 Å². The zero-order chi connectivity index (χ0) is 11.5. The average Bonchev–Trinajstić information content (AvgIpc) is 2.66. The maximum atomic E-state index is 13.0. The first-order chi connectivity index (χ1) is 7.65. The maximum absolute atomic E-state index is 13.0. The first kappa shape index (κ1) is 10.6. The highest BCUT2D eigenvalue weighted by molar-refractivity contribution is 5.45. The van der Waals surface area contributed by atoms with Gasteiger partial charge in [0.05, 0.1) is 6.54 Å². The van der Waals surface area contributed by atoms with E-state index in [0.717, 1.165) is 5.69 Å². The van der Waals surface area contributed by atoms with Crippen LogP contribution in [0.15, 0.2) is 22.6 Å². The van der Waals surface area contributed by atoms with E-state index in [0.29, 0.717) is 23.9 Å². The summed E-state index contributed by atoms with van der Waals surface area (Å²) in [5, 5.41) is 10.6. The van der Waals surface area contributed by atoms with Crippen molar-refractivity contribution in [3.63, 3.8) is 0 Å². The first-order valence-electron chi connectivity index (χ1n) is 4.94. The SMILES string of the molecule is Cc1nnc(CNc2ccc(F)c(C)c2)o1. The van der Waals surface area contributed by atoms with E-state index in [-0.39, 0.29) is 5.82 Å². The molecule has 0 saturated carbocycles. The summed E-state index contributed by atoms with van der Waals surface area (Å²) < 4.78 is 18.2. The molecule has 0 atom stereocenters. The molecule has 0 amide bonds. The molecule has 5 heteroatoms. The van der Waals surface area contributed by atoms with E-state index in [4.69, 9.17) is 4.42 Å². The molecule has 2 rings (SSSR count). The molecule has 4 nitrogen and oxygen atoms in total. The van der Waals surface area contributed by atoms with Crippen molar-refractivity contribution in [3.05, 3.63) is 41.4 Å². The largest absolute Gasteiger partial charge is 0.424 e. The van der Waals surface area contributed by atoms with Crippen molar-refractivity contribution in [2.75, 3.05) is 5.32 Å². The van der Waals surface area contributed by atoms with Crippen LogP contribution in [0.5, 0.6) is 0 Å². The molecule has 0 aliphatic carbocycles. The first-order valence-corrected chi connectivity index (χ1v) is 4.94. The average molecular weight is 221 g/mol. The highest BCUT2D eigenvalue weighted by Gasteiger charge is 2.03. The lowest BCUT2D eigenvalue weighted by atomic mass is 10.2. The molecule has 1 N–H and O–H groups in total. The molecule has 0 fully saturated rings. The maximum Gasteiger partial charge on any atom is 0.235 e. The Morgan fingerprint density at radius 3 is 2.75 bits per heavy atom. The quantitative estimate of drug-likeness (QED) is 0.864. The highest BCUT2D eigenvalue weighted by atomic mass is 19.1. The molecule has 0 aliphatic heterocycles. The summed E-state index contributed by atoms with van der Waals surface area (Å²) in [6.45, 7) is 3.89. The smallest absolute Gasteiger partial charge is 0.235 e. The molecule has 1 aromatic heterocycles. The third-order valence-corrected chi connectivity index (χ3v) is 2.17. The zero-order valence-corrected chi connectivity index (χ0v) is 9.12. The van der Waals surface area contributed by atoms with Crippen molar-refractivity contribution in [1.29, 1.82) is 0 Å². The summed E-state index contributed by atoms with van der Waals surface area (Å²) in [5.74, 6) is 0.839. The van der Waals surface area contributed by atoms with Crippen molar-refractivity contribution < 1.29 is 8.81 Å². The van der Waals surface area contributed by atoms with E-state index in [2.05, 4.69) is 15.5 Å². The predicted molar refractivity (Wildman–Crippen MR) is 57.5 cm³/mol. The number of anilines is 1. The molecular formula is C11H12FN3O. The molecule has 84 valence electrons. The summed E-state index contributed by atoms with van der Waals surface area (Å²) in [5.41, 5.74) is 1.43. The number of nitrogens with zero attached hydrogens (tertiary/aromatic N) is 2. The van der Waals surface area contributed by atoms with Crippen LogP contribution in [0.4, 0.5) is 10.1 Å². The summed E-state index contributed by atoms with van der Waals surface area (Å²) in [6, 6.07) is 4.83. The Balaban J connectivity index is 2.02. The van der Waals surface area contributed by atoms with E-state index in [1.54, 1.807) is 26.0 Å². The van der Waals surface area contributed by atoms with Gasteiger partial charge in [-0.15, -0.1) is 10.2 Å². The van der Waals surface area contributed by atoms with Crippen LogP contribution in [0.25, 0.3) is 0 Å². The summed E-state index contributed by atoms with van der Waals surface area (Å²) in [6.07, 6.45) is 0. The van der Waals surface area contributed by atoms with Crippen molar-refractivity contribution in [1.82, 2.24) is 10.2 Å². The Morgan fingerprint density at radius 2 is 2.12 bits per heavy atom. The van der Waals surface area contributed by atoms with Crippen molar-refractivity contribution in [2.45, 2.75) is 20.4 Å². The molecule has 1 heterocycles. The van der Waals surface area contributed by atoms with Gasteiger partial charge in [0.1, 0.15) is 5.82 Å². The Bertz CT molecular complexity index is 496. The van der Waals surface area contributed by atoms with Crippen LogP contribution in [0.2, 0.25) is 0 Å². The van der Waals surface area contributed by atoms with Crippen LogP contribution in [0.1, 0.15) is 17.3 Å². The van der Waals surface area contributed by atoms with Crippen LogP contribution in [0, 0.1) is 19.7 Å². The van der Waals surface area contributed by atoms with Crippen LogP contribution >= 0.6 is 0 Å². The number of nitrogens with one attached hydrogen (secondary N) is 1. The molecule has 0 bridgehead atoms. The molecule has 0 spiro atoms. The van der Waals surface area contributed by atoms with Gasteiger partial charge in [0.25, 0.3) is 0 Å². The van der Waals surface area contributed by atoms with Gasteiger partial charge in [-0.05, 0) is 30.7 Å². The molecular weight excluding hydrogens is 209 g/mol. The molecule has 0 unspecified atom stereocenters. The van der Waals surface area contributed by atoms with Gasteiger partial charge < -0.3 is 9.73 Å². The highest BCUT2D eigenvalue weighted by Crippen LogP contribution is 2.14. The lowest BCUT2D eigenvalue weighted by Gasteiger charge is -2.04. The Hall–Kier alpha value is -1.91. The monoisotopic (exact) mass is 221 g/mol. The summed E-state index contributed by atoms with van der Waals surface area (Å²) >= 11 is 0. The van der Waals surface area contributed by atoms with E-state index in [9.17, 15) is 4.39 Å².